The van der Waals surface area contributed by atoms with Crippen LogP contribution in [-0.2, 0) is 28.7 Å². The van der Waals surface area contributed by atoms with E-state index < -0.39 is 11.9 Å². The summed E-state index contributed by atoms with van der Waals surface area (Å²) in [6.45, 7) is 1.94. The van der Waals surface area contributed by atoms with Crippen molar-refractivity contribution in [2.75, 3.05) is 0 Å². The van der Waals surface area contributed by atoms with Crippen LogP contribution in [0.25, 0.3) is 0 Å². The number of carbonyl (C=O) groups is 2. The van der Waals surface area contributed by atoms with Crippen molar-refractivity contribution < 1.29 is 38.9 Å². The Kier molecular flexibility index (Phi) is 24.3. The van der Waals surface area contributed by atoms with E-state index in [1.54, 1.807) is 0 Å². The van der Waals surface area contributed by atoms with Crippen molar-refractivity contribution in [3.8, 4) is 0 Å². The Morgan fingerprint density at radius 3 is 1.18 bits per heavy atom. The quantitative estimate of drug-likeness (QED) is 0.462. The summed E-state index contributed by atoms with van der Waals surface area (Å²) in [5.41, 5.74) is 0. The van der Waals surface area contributed by atoms with Gasteiger partial charge in [-0.1, -0.05) is 0 Å². The van der Waals surface area contributed by atoms with Gasteiger partial charge >= 0.3 is 27.9 Å². The number of nitroso groups, excluding NO2 is 1. The maximum absolute atomic E-state index is 8.89. The number of aliphatic carboxylic acids is 2. The van der Waals surface area contributed by atoms with Crippen LogP contribution in [0.1, 0.15) is 13.8 Å². The molecule has 0 N–H and O–H groups in total. The fourth-order valence-corrected chi connectivity index (χ4v) is 0. The second-order valence-corrected chi connectivity index (χ2v) is 1.48. The standard InChI is InChI=1S/2C2H4O2.Ir.NO/c2*1-2(3)4;;1-2/h2*1H3,(H,3,4);;/q;;+3;-1/p-2. The van der Waals surface area contributed by atoms with Crippen molar-refractivity contribution in [2.24, 2.45) is 3.85 Å². The number of carbonyl (C=O) groups excluding carboxylic acids is 2. The monoisotopic (exact) mass is 341 g/mol. The topological polar surface area (TPSA) is 110 Å². The molecule has 0 bridgehead atoms. The second kappa shape index (κ2) is 16.1. The van der Waals surface area contributed by atoms with Crippen LogP contribution in [0.2, 0.25) is 0 Å². The molecule has 11 heavy (non-hydrogen) atoms. The van der Waals surface area contributed by atoms with Crippen LogP contribution in [0.5, 0.6) is 0 Å². The number of hydrogen-bond acceptors (Lipinski definition) is 6. The summed E-state index contributed by atoms with van der Waals surface area (Å²) in [6.07, 6.45) is 0. The van der Waals surface area contributed by atoms with Gasteiger partial charge in [-0.2, -0.15) is 0 Å². The van der Waals surface area contributed by atoms with E-state index in [9.17, 15) is 0 Å². The van der Waals surface area contributed by atoms with E-state index in [4.69, 9.17) is 24.7 Å². The van der Waals surface area contributed by atoms with E-state index in [1.165, 1.54) is 19.1 Å². The van der Waals surface area contributed by atoms with Crippen LogP contribution in [0.3, 0.4) is 0 Å². The first-order valence-corrected chi connectivity index (χ1v) is 3.22. The molecule has 0 aliphatic heterocycles. The Morgan fingerprint density at radius 1 is 1.18 bits per heavy atom. The molecule has 7 heteroatoms. The van der Waals surface area contributed by atoms with Gasteiger partial charge < -0.3 is 19.8 Å². The molecule has 0 unspecified atom stereocenters. The van der Waals surface area contributed by atoms with Gasteiger partial charge in [0.2, 0.25) is 0 Å². The Bertz CT molecular complexity index is 106. The molecule has 6 nitrogen and oxygen atoms in total. The van der Waals surface area contributed by atoms with Crippen molar-refractivity contribution >= 4 is 11.9 Å². The molecule has 0 amide bonds. The van der Waals surface area contributed by atoms with Crippen LogP contribution >= 0.6 is 0 Å². The van der Waals surface area contributed by atoms with Gasteiger partial charge in [-0.15, -0.1) is 0 Å². The summed E-state index contributed by atoms with van der Waals surface area (Å²) in [5, 5.41) is 17.8. The predicted octanol–water partition coefficient (Wildman–Crippen LogP) is -2.27. The number of carboxylic acid groups (broad SMARTS) is 2. The van der Waals surface area contributed by atoms with Gasteiger partial charge in [0, 0.05) is 11.9 Å². The molecule has 0 aromatic rings. The second-order valence-electron chi connectivity index (χ2n) is 1.04. The van der Waals surface area contributed by atoms with E-state index in [2.05, 4.69) is 3.85 Å². The Morgan fingerprint density at radius 2 is 1.18 bits per heavy atom. The van der Waals surface area contributed by atoms with E-state index in [1.807, 2.05) is 0 Å². The molecule has 0 aromatic carbocycles. The zero-order valence-electron chi connectivity index (χ0n) is 5.82. The molecular weight excluding hydrogens is 334 g/mol. The molecule has 0 fully saturated rings. The first-order chi connectivity index (χ1) is 4.88. The third-order valence-electron chi connectivity index (χ3n) is 0. The molecule has 0 radical (unpaired) electrons. The third kappa shape index (κ3) is 723. The molecule has 0 aliphatic carbocycles. The van der Waals surface area contributed by atoms with Crippen molar-refractivity contribution in [1.29, 1.82) is 0 Å². The predicted molar refractivity (Wildman–Crippen MR) is 27.2 cm³/mol. The summed E-state index contributed by atoms with van der Waals surface area (Å²) in [7, 11) is 0. The molecule has 0 saturated heterocycles. The van der Waals surface area contributed by atoms with Crippen LogP contribution in [0.15, 0.2) is 3.85 Å². The first kappa shape index (κ1) is 16.6. The number of hydrogen-bond donors (Lipinski definition) is 0. The van der Waals surface area contributed by atoms with Gasteiger partial charge in [-0.25, -0.2) is 0 Å². The Balaban J connectivity index is -0.0000000886. The molecule has 0 saturated carbocycles. The Hall–Kier alpha value is -0.811. The number of rotatable bonds is 0. The van der Waals surface area contributed by atoms with Crippen LogP contribution in [0, 0.1) is 4.91 Å². The third-order valence-corrected chi connectivity index (χ3v) is 0. The van der Waals surface area contributed by atoms with Crippen LogP contribution in [-0.4, -0.2) is 11.9 Å². The van der Waals surface area contributed by atoms with Gasteiger partial charge in [0.15, 0.2) is 0 Å². The normalized spacial score (nSPS) is 5.73. The maximum atomic E-state index is 8.89. The van der Waals surface area contributed by atoms with Gasteiger partial charge in [-0.05, 0) is 13.8 Å². The molecule has 66 valence electrons. The minimum atomic E-state index is -1.08. The van der Waals surface area contributed by atoms with E-state index >= 15 is 0 Å². The molecule has 0 heterocycles. The fourth-order valence-electron chi connectivity index (χ4n) is 0. The van der Waals surface area contributed by atoms with Gasteiger partial charge in [0.25, 0.3) is 0 Å². The summed E-state index contributed by atoms with van der Waals surface area (Å²) in [6, 6.07) is 0. The summed E-state index contributed by atoms with van der Waals surface area (Å²) in [4.78, 5) is 26.3. The molecule has 0 rings (SSSR count). The van der Waals surface area contributed by atoms with E-state index in [-0.39, 0.29) is 0 Å². The van der Waals surface area contributed by atoms with Gasteiger partial charge in [-0.3, -0.25) is 0 Å². The molecule has 0 spiro atoms. The van der Waals surface area contributed by atoms with Crippen molar-refractivity contribution in [3.63, 3.8) is 0 Å². The average molecular weight is 340 g/mol. The fraction of sp³-hybridized carbons (Fsp3) is 0.500. The van der Waals surface area contributed by atoms with Crippen molar-refractivity contribution in [1.82, 2.24) is 0 Å². The number of carboxylic acids is 2. The zero-order valence-corrected chi connectivity index (χ0v) is 8.22. The molecule has 0 aliphatic rings. The summed E-state index contributed by atoms with van der Waals surface area (Å²) < 4.78 is 2.25. The molecule has 0 aromatic heterocycles. The minimum absolute atomic E-state index is 0.972. The van der Waals surface area contributed by atoms with E-state index in [0.717, 1.165) is 13.8 Å². The van der Waals surface area contributed by atoms with Crippen LogP contribution < -0.4 is 10.2 Å². The SMILES string of the molecule is CC(=O)[O-].CC(=O)[O-].O=[N][Ir+2]. The average Bonchev–Trinajstić information content (AvgIpc) is 1.60. The first-order valence-electron chi connectivity index (χ1n) is 2.15. The van der Waals surface area contributed by atoms with Gasteiger partial charge in [0.05, 0.1) is 0 Å². The molecular formula is C4H6IrNO5. The summed E-state index contributed by atoms with van der Waals surface area (Å²) in [5.74, 6) is -2.17. The van der Waals surface area contributed by atoms with Gasteiger partial charge in [0.1, 0.15) is 0 Å². The van der Waals surface area contributed by atoms with E-state index in [0.29, 0.717) is 0 Å². The molecule has 0 atom stereocenters. The summed E-state index contributed by atoms with van der Waals surface area (Å²) >= 11 is 1.19. The van der Waals surface area contributed by atoms with Crippen molar-refractivity contribution in [3.05, 3.63) is 4.91 Å². The van der Waals surface area contributed by atoms with Crippen LogP contribution in [0.4, 0.5) is 0 Å². The van der Waals surface area contributed by atoms with Crippen molar-refractivity contribution in [2.45, 2.75) is 13.8 Å². The Labute approximate surface area is 74.0 Å². The zero-order chi connectivity index (χ0) is 9.86. The number of nitrogens with zero attached hydrogens (tertiary/aromatic N) is 1.